The molecule has 1 N–H and O–H groups in total. The van der Waals surface area contributed by atoms with Gasteiger partial charge in [0.05, 0.1) is 11.7 Å². The summed E-state index contributed by atoms with van der Waals surface area (Å²) in [6.45, 7) is 1.87. The summed E-state index contributed by atoms with van der Waals surface area (Å²) in [7, 11) is 0. The molecule has 0 aromatic carbocycles. The Bertz CT molecular complexity index is 131. The molecule has 1 aliphatic heterocycles. The fourth-order valence-corrected chi connectivity index (χ4v) is 1.71. The minimum atomic E-state index is -0.511. The molecule has 0 bridgehead atoms. The van der Waals surface area contributed by atoms with E-state index in [1.807, 2.05) is 6.92 Å². The third-order valence-corrected chi connectivity index (χ3v) is 2.37. The number of fused-ring (bicyclic) bond motifs is 1. The highest BCUT2D eigenvalue weighted by molar-refractivity contribution is 5.02. The first-order valence-corrected chi connectivity index (χ1v) is 3.58. The summed E-state index contributed by atoms with van der Waals surface area (Å²) in [5.74, 6) is 0. The van der Waals surface area contributed by atoms with Gasteiger partial charge in [-0.05, 0) is 26.2 Å². The summed E-state index contributed by atoms with van der Waals surface area (Å²) >= 11 is 0. The minimum Gasteiger partial charge on any atom is -0.387 e. The molecule has 0 aromatic heterocycles. The lowest BCUT2D eigenvalue weighted by atomic mass is 9.87. The van der Waals surface area contributed by atoms with Crippen molar-refractivity contribution in [3.63, 3.8) is 0 Å². The second kappa shape index (κ2) is 1.50. The van der Waals surface area contributed by atoms with E-state index in [0.29, 0.717) is 6.10 Å². The monoisotopic (exact) mass is 128 g/mol. The van der Waals surface area contributed by atoms with Crippen molar-refractivity contribution in [3.8, 4) is 0 Å². The average Bonchev–Trinajstić information content (AvgIpc) is 2.43. The molecule has 1 saturated heterocycles. The lowest BCUT2D eigenvalue weighted by Gasteiger charge is -2.23. The lowest BCUT2D eigenvalue weighted by Crippen LogP contribution is -2.35. The van der Waals surface area contributed by atoms with Crippen molar-refractivity contribution in [1.29, 1.82) is 0 Å². The summed E-state index contributed by atoms with van der Waals surface area (Å²) in [4.78, 5) is 0. The highest BCUT2D eigenvalue weighted by atomic mass is 16.6. The molecule has 2 fully saturated rings. The molecule has 2 heteroatoms. The largest absolute Gasteiger partial charge is 0.387 e. The van der Waals surface area contributed by atoms with Gasteiger partial charge in [-0.1, -0.05) is 0 Å². The minimum absolute atomic E-state index is 0.172. The van der Waals surface area contributed by atoms with Crippen molar-refractivity contribution in [3.05, 3.63) is 0 Å². The van der Waals surface area contributed by atoms with E-state index in [0.717, 1.165) is 19.3 Å². The van der Waals surface area contributed by atoms with Crippen LogP contribution in [0.15, 0.2) is 0 Å². The number of hydrogen-bond donors (Lipinski definition) is 1. The van der Waals surface area contributed by atoms with Crippen LogP contribution >= 0.6 is 0 Å². The SMILES string of the molecule is C[C@]1(O)CCCC2OC21. The van der Waals surface area contributed by atoms with Crippen LogP contribution in [-0.4, -0.2) is 22.9 Å². The van der Waals surface area contributed by atoms with Crippen LogP contribution < -0.4 is 0 Å². The molecule has 2 aliphatic rings. The predicted octanol–water partition coefficient (Wildman–Crippen LogP) is 0.689. The van der Waals surface area contributed by atoms with Crippen molar-refractivity contribution >= 4 is 0 Å². The smallest absolute Gasteiger partial charge is 0.112 e. The van der Waals surface area contributed by atoms with Gasteiger partial charge in [0.25, 0.3) is 0 Å². The molecule has 0 aromatic rings. The second-order valence-electron chi connectivity index (χ2n) is 3.34. The molecule has 2 unspecified atom stereocenters. The summed E-state index contributed by atoms with van der Waals surface area (Å²) < 4.78 is 5.24. The Hall–Kier alpha value is -0.0800. The van der Waals surface area contributed by atoms with Gasteiger partial charge in [0.15, 0.2) is 0 Å². The molecule has 9 heavy (non-hydrogen) atoms. The van der Waals surface area contributed by atoms with Gasteiger partial charge in [0.2, 0.25) is 0 Å². The van der Waals surface area contributed by atoms with Gasteiger partial charge in [-0.15, -0.1) is 0 Å². The second-order valence-corrected chi connectivity index (χ2v) is 3.34. The molecule has 52 valence electrons. The maximum Gasteiger partial charge on any atom is 0.112 e. The molecule has 0 spiro atoms. The van der Waals surface area contributed by atoms with Crippen LogP contribution in [0, 0.1) is 0 Å². The van der Waals surface area contributed by atoms with Crippen molar-refractivity contribution < 1.29 is 9.84 Å². The fourth-order valence-electron chi connectivity index (χ4n) is 1.71. The molecule has 1 heterocycles. The van der Waals surface area contributed by atoms with E-state index < -0.39 is 5.60 Å². The van der Waals surface area contributed by atoms with Gasteiger partial charge in [-0.3, -0.25) is 0 Å². The Morgan fingerprint density at radius 2 is 2.44 bits per heavy atom. The van der Waals surface area contributed by atoms with Gasteiger partial charge in [-0.2, -0.15) is 0 Å². The zero-order chi connectivity index (χ0) is 6.48. The Morgan fingerprint density at radius 3 is 3.00 bits per heavy atom. The Kier molecular flexibility index (Phi) is 0.945. The van der Waals surface area contributed by atoms with Crippen molar-refractivity contribution in [2.75, 3.05) is 0 Å². The number of ether oxygens (including phenoxy) is 1. The van der Waals surface area contributed by atoms with Crippen LogP contribution in [-0.2, 0) is 4.74 Å². The molecule has 3 atom stereocenters. The first kappa shape index (κ1) is 5.69. The highest BCUT2D eigenvalue weighted by Crippen LogP contribution is 2.42. The average molecular weight is 128 g/mol. The fraction of sp³-hybridized carbons (Fsp3) is 1.00. The maximum atomic E-state index is 9.56. The highest BCUT2D eigenvalue weighted by Gasteiger charge is 2.53. The van der Waals surface area contributed by atoms with Crippen LogP contribution in [0.1, 0.15) is 26.2 Å². The summed E-state index contributed by atoms with van der Waals surface area (Å²) in [6, 6.07) is 0. The van der Waals surface area contributed by atoms with Crippen molar-refractivity contribution in [2.45, 2.75) is 44.0 Å². The van der Waals surface area contributed by atoms with Crippen molar-refractivity contribution in [2.24, 2.45) is 0 Å². The zero-order valence-electron chi connectivity index (χ0n) is 5.63. The number of epoxide rings is 1. The Labute approximate surface area is 54.8 Å². The predicted molar refractivity (Wildman–Crippen MR) is 33.1 cm³/mol. The van der Waals surface area contributed by atoms with E-state index >= 15 is 0 Å². The summed E-state index contributed by atoms with van der Waals surface area (Å²) in [5, 5.41) is 9.56. The molecule has 2 nitrogen and oxygen atoms in total. The van der Waals surface area contributed by atoms with Gasteiger partial charge in [-0.25, -0.2) is 0 Å². The van der Waals surface area contributed by atoms with E-state index in [4.69, 9.17) is 4.74 Å². The lowest BCUT2D eigenvalue weighted by molar-refractivity contribution is 0.0174. The molecule has 1 saturated carbocycles. The van der Waals surface area contributed by atoms with Crippen LogP contribution in [0.3, 0.4) is 0 Å². The molecule has 1 aliphatic carbocycles. The van der Waals surface area contributed by atoms with E-state index in [1.54, 1.807) is 0 Å². The Morgan fingerprint density at radius 1 is 1.67 bits per heavy atom. The van der Waals surface area contributed by atoms with Crippen LogP contribution in [0.2, 0.25) is 0 Å². The normalized spacial score (nSPS) is 56.7. The first-order chi connectivity index (χ1) is 4.20. The maximum absolute atomic E-state index is 9.56. The van der Waals surface area contributed by atoms with Gasteiger partial charge in [0, 0.05) is 0 Å². The number of aliphatic hydroxyl groups is 1. The number of hydrogen-bond acceptors (Lipinski definition) is 2. The summed E-state index contributed by atoms with van der Waals surface area (Å²) in [6.07, 6.45) is 3.75. The molecular weight excluding hydrogens is 116 g/mol. The van der Waals surface area contributed by atoms with E-state index in [2.05, 4.69) is 0 Å². The Balaban J connectivity index is 2.09. The first-order valence-electron chi connectivity index (χ1n) is 3.58. The zero-order valence-corrected chi connectivity index (χ0v) is 5.63. The van der Waals surface area contributed by atoms with E-state index in [9.17, 15) is 5.11 Å². The van der Waals surface area contributed by atoms with Gasteiger partial charge < -0.3 is 9.84 Å². The topological polar surface area (TPSA) is 32.8 Å². The van der Waals surface area contributed by atoms with Gasteiger partial charge in [0.1, 0.15) is 6.10 Å². The summed E-state index contributed by atoms with van der Waals surface area (Å²) in [5.41, 5.74) is -0.511. The molecule has 0 radical (unpaired) electrons. The van der Waals surface area contributed by atoms with E-state index in [-0.39, 0.29) is 6.10 Å². The molecule has 0 amide bonds. The molecule has 2 rings (SSSR count). The standard InChI is InChI=1S/C7H12O2/c1-7(8)4-2-3-5-6(7)9-5/h5-6,8H,2-4H2,1H3/t5?,6?,7-/m0/s1. The van der Waals surface area contributed by atoms with Gasteiger partial charge >= 0.3 is 0 Å². The molecular formula is C7H12O2. The quantitative estimate of drug-likeness (QED) is 0.487. The van der Waals surface area contributed by atoms with Crippen LogP contribution in [0.5, 0.6) is 0 Å². The van der Waals surface area contributed by atoms with Crippen LogP contribution in [0.25, 0.3) is 0 Å². The van der Waals surface area contributed by atoms with E-state index in [1.165, 1.54) is 0 Å². The third-order valence-electron chi connectivity index (χ3n) is 2.37. The third kappa shape index (κ3) is 0.775. The van der Waals surface area contributed by atoms with Crippen LogP contribution in [0.4, 0.5) is 0 Å². The van der Waals surface area contributed by atoms with Crippen molar-refractivity contribution in [1.82, 2.24) is 0 Å². The number of rotatable bonds is 0.